The van der Waals surface area contributed by atoms with Gasteiger partial charge in [-0.05, 0) is 66.8 Å². The summed E-state index contributed by atoms with van der Waals surface area (Å²) in [6, 6.07) is 13.5. The summed E-state index contributed by atoms with van der Waals surface area (Å²) in [7, 11) is -3.15. The first-order chi connectivity index (χ1) is 19.7. The first kappa shape index (κ1) is 26.9. The Morgan fingerprint density at radius 2 is 1.93 bits per heavy atom. The summed E-state index contributed by atoms with van der Waals surface area (Å²) in [5, 5.41) is 7.12. The number of nitrogens with zero attached hydrogens (tertiary/aromatic N) is 2. The lowest BCUT2D eigenvalue weighted by Crippen LogP contribution is -2.40. The van der Waals surface area contributed by atoms with Crippen LogP contribution in [0.2, 0.25) is 0 Å². The Hall–Kier alpha value is -4.33. The van der Waals surface area contributed by atoms with Gasteiger partial charge in [0.15, 0.2) is 0 Å². The van der Waals surface area contributed by atoms with E-state index in [1.165, 1.54) is 12.1 Å². The molecule has 4 heterocycles. The van der Waals surface area contributed by atoms with E-state index in [-0.39, 0.29) is 29.7 Å². The van der Waals surface area contributed by atoms with Crippen molar-refractivity contribution in [1.82, 2.24) is 9.97 Å². The predicted octanol–water partition coefficient (Wildman–Crippen LogP) is 5.73. The van der Waals surface area contributed by atoms with E-state index in [0.717, 1.165) is 46.5 Å². The number of pyridine rings is 2. The fraction of sp³-hybridized carbons (Fsp3) is 0.258. The van der Waals surface area contributed by atoms with Crippen molar-refractivity contribution < 1.29 is 18.1 Å². The second-order valence-corrected chi connectivity index (χ2v) is 12.6. The van der Waals surface area contributed by atoms with E-state index >= 15 is 0 Å². The molecular weight excluding hydrogens is 541 g/mol. The molecule has 1 unspecified atom stereocenters. The highest BCUT2D eigenvalue weighted by Crippen LogP contribution is 2.43. The van der Waals surface area contributed by atoms with Crippen LogP contribution in [0.15, 0.2) is 65.8 Å². The minimum absolute atomic E-state index is 0.0261. The number of ether oxygens (including phenoxy) is 1. The molecule has 1 saturated heterocycles. The number of carbonyl (C=O) groups is 1. The van der Waals surface area contributed by atoms with Gasteiger partial charge in [0.05, 0.1) is 44.2 Å². The van der Waals surface area contributed by atoms with E-state index in [2.05, 4.69) is 32.4 Å². The van der Waals surface area contributed by atoms with Crippen molar-refractivity contribution in [3.63, 3.8) is 0 Å². The Morgan fingerprint density at radius 1 is 1.12 bits per heavy atom. The summed E-state index contributed by atoms with van der Waals surface area (Å²) in [5.74, 6) is 6.08. The maximum atomic E-state index is 15.0. The second kappa shape index (κ2) is 10.3. The highest BCUT2D eigenvalue weighted by Gasteiger charge is 2.43. The topological polar surface area (TPSA) is 117 Å². The highest BCUT2D eigenvalue weighted by atomic mass is 32.2. The standard InChI is InChI=1S/C31H28FN5O3S/c1-3-31(4-2)24-8-5-19(13-28(24)37-30(31)38)6-9-26-23-15-29(35-16-20(23)11-12-34-26)36-27-10-7-21(14-25(27)32)41(33,39)22-17-40-18-22/h5,7-8,10-16,22,33H,3-4,17-18H2,1-2H3,(H,35,36)(H,37,38). The SMILES string of the molecule is CCC1(CC)C(=O)Nc2cc(C#Cc3nccc4cnc(Nc5ccc(S(=N)(=O)C6COC6)cc5F)cc34)ccc21. The van der Waals surface area contributed by atoms with Crippen LogP contribution < -0.4 is 10.6 Å². The lowest BCUT2D eigenvalue weighted by Gasteiger charge is -2.28. The quantitative estimate of drug-likeness (QED) is 0.256. The van der Waals surface area contributed by atoms with E-state index in [9.17, 15) is 13.4 Å². The van der Waals surface area contributed by atoms with Gasteiger partial charge in [-0.1, -0.05) is 25.8 Å². The summed E-state index contributed by atoms with van der Waals surface area (Å²) < 4.78 is 41.1. The number of amides is 1. The normalized spacial score (nSPS) is 17.1. The van der Waals surface area contributed by atoms with E-state index in [4.69, 9.17) is 9.52 Å². The van der Waals surface area contributed by atoms with Gasteiger partial charge in [0.25, 0.3) is 0 Å². The first-order valence-electron chi connectivity index (χ1n) is 13.4. The summed E-state index contributed by atoms with van der Waals surface area (Å²) in [6.07, 6.45) is 4.77. The average molecular weight is 570 g/mol. The minimum atomic E-state index is -3.15. The lowest BCUT2D eigenvalue weighted by molar-refractivity contribution is -0.121. The molecule has 4 aromatic rings. The monoisotopic (exact) mass is 569 g/mol. The number of aromatic nitrogens is 2. The zero-order valence-corrected chi connectivity index (χ0v) is 23.4. The maximum Gasteiger partial charge on any atom is 0.235 e. The number of carbonyl (C=O) groups excluding carboxylic acids is 1. The van der Waals surface area contributed by atoms with Gasteiger partial charge in [-0.3, -0.25) is 4.79 Å². The van der Waals surface area contributed by atoms with Crippen LogP contribution in [-0.2, 0) is 24.7 Å². The molecule has 0 radical (unpaired) electrons. The fourth-order valence-corrected chi connectivity index (χ4v) is 6.86. The van der Waals surface area contributed by atoms with Crippen molar-refractivity contribution in [3.05, 3.63) is 83.6 Å². The van der Waals surface area contributed by atoms with Crippen LogP contribution >= 0.6 is 0 Å². The van der Waals surface area contributed by atoms with Crippen LogP contribution in [0.1, 0.15) is 43.5 Å². The Labute approximate surface area is 237 Å². The van der Waals surface area contributed by atoms with Gasteiger partial charge in [-0.15, -0.1) is 0 Å². The van der Waals surface area contributed by atoms with Gasteiger partial charge in [-0.25, -0.2) is 23.3 Å². The molecule has 208 valence electrons. The Balaban J connectivity index is 1.28. The predicted molar refractivity (Wildman–Crippen MR) is 156 cm³/mol. The van der Waals surface area contributed by atoms with E-state index in [1.54, 1.807) is 18.5 Å². The third-order valence-electron chi connectivity index (χ3n) is 8.03. The summed E-state index contributed by atoms with van der Waals surface area (Å²) in [5.41, 5.74) is 2.72. The largest absolute Gasteiger partial charge is 0.379 e. The minimum Gasteiger partial charge on any atom is -0.379 e. The Bertz CT molecular complexity index is 1870. The molecule has 1 amide bonds. The molecule has 10 heteroatoms. The third-order valence-corrected chi connectivity index (χ3v) is 10.2. The molecule has 3 N–H and O–H groups in total. The number of hydrogen-bond donors (Lipinski definition) is 3. The van der Waals surface area contributed by atoms with Crippen molar-refractivity contribution in [2.45, 2.75) is 42.2 Å². The molecule has 0 saturated carbocycles. The van der Waals surface area contributed by atoms with Gasteiger partial charge in [0.2, 0.25) is 5.91 Å². The molecule has 0 spiro atoms. The smallest absolute Gasteiger partial charge is 0.235 e. The lowest BCUT2D eigenvalue weighted by atomic mass is 9.77. The summed E-state index contributed by atoms with van der Waals surface area (Å²) >= 11 is 0. The zero-order chi connectivity index (χ0) is 28.8. The number of anilines is 3. The van der Waals surface area contributed by atoms with Crippen LogP contribution in [0.25, 0.3) is 10.8 Å². The summed E-state index contributed by atoms with van der Waals surface area (Å²) in [6.45, 7) is 4.54. The van der Waals surface area contributed by atoms with Crippen molar-refractivity contribution in [2.24, 2.45) is 0 Å². The third kappa shape index (κ3) is 4.61. The van der Waals surface area contributed by atoms with Crippen LogP contribution in [0.3, 0.4) is 0 Å². The van der Waals surface area contributed by atoms with E-state index in [0.29, 0.717) is 11.5 Å². The Morgan fingerprint density at radius 3 is 2.63 bits per heavy atom. The molecule has 1 atom stereocenters. The molecular formula is C31H28FN5O3S. The van der Waals surface area contributed by atoms with Crippen LogP contribution in [0.4, 0.5) is 21.6 Å². The van der Waals surface area contributed by atoms with Gasteiger partial charge in [-0.2, -0.15) is 0 Å². The van der Waals surface area contributed by atoms with Crippen molar-refractivity contribution in [3.8, 4) is 11.8 Å². The van der Waals surface area contributed by atoms with E-state index < -0.39 is 26.2 Å². The summed E-state index contributed by atoms with van der Waals surface area (Å²) in [4.78, 5) is 21.7. The number of rotatable bonds is 6. The number of nitrogens with one attached hydrogen (secondary N) is 3. The van der Waals surface area contributed by atoms with Gasteiger partial charge in [0, 0.05) is 34.4 Å². The van der Waals surface area contributed by atoms with Crippen molar-refractivity contribution in [1.29, 1.82) is 4.78 Å². The van der Waals surface area contributed by atoms with Crippen LogP contribution in [0, 0.1) is 22.4 Å². The van der Waals surface area contributed by atoms with Gasteiger partial charge >= 0.3 is 0 Å². The molecule has 2 aliphatic heterocycles. The number of fused-ring (bicyclic) bond motifs is 2. The molecule has 0 aliphatic carbocycles. The molecule has 0 bridgehead atoms. The molecule has 2 aromatic heterocycles. The maximum absolute atomic E-state index is 15.0. The van der Waals surface area contributed by atoms with Crippen molar-refractivity contribution >= 4 is 43.6 Å². The van der Waals surface area contributed by atoms with Gasteiger partial charge < -0.3 is 15.4 Å². The van der Waals surface area contributed by atoms with Crippen LogP contribution in [-0.4, -0.2) is 38.5 Å². The second-order valence-electron chi connectivity index (χ2n) is 10.2. The molecule has 6 rings (SSSR count). The molecule has 2 aromatic carbocycles. The fourth-order valence-electron chi connectivity index (χ4n) is 5.35. The Kier molecular flexibility index (Phi) is 6.72. The number of hydrogen-bond acceptors (Lipinski definition) is 7. The molecule has 2 aliphatic rings. The highest BCUT2D eigenvalue weighted by molar-refractivity contribution is 7.93. The number of halogens is 1. The van der Waals surface area contributed by atoms with Crippen molar-refractivity contribution in [2.75, 3.05) is 23.8 Å². The van der Waals surface area contributed by atoms with E-state index in [1.807, 2.05) is 38.1 Å². The number of benzene rings is 2. The van der Waals surface area contributed by atoms with Crippen LogP contribution in [0.5, 0.6) is 0 Å². The molecule has 8 nitrogen and oxygen atoms in total. The average Bonchev–Trinajstić information content (AvgIpc) is 3.22. The van der Waals surface area contributed by atoms with Gasteiger partial charge in [0.1, 0.15) is 17.3 Å². The zero-order valence-electron chi connectivity index (χ0n) is 22.6. The molecule has 1 fully saturated rings. The molecule has 41 heavy (non-hydrogen) atoms. The first-order valence-corrected chi connectivity index (χ1v) is 15.0.